The maximum absolute atomic E-state index is 12.5. The van der Waals surface area contributed by atoms with Crippen LogP contribution in [-0.2, 0) is 10.0 Å². The third kappa shape index (κ3) is 5.56. The van der Waals surface area contributed by atoms with Crippen molar-refractivity contribution in [2.75, 3.05) is 11.9 Å². The number of primary sulfonamides is 1. The predicted molar refractivity (Wildman–Crippen MR) is 100 cm³/mol. The van der Waals surface area contributed by atoms with Gasteiger partial charge in [-0.25, -0.2) is 13.6 Å². The smallest absolute Gasteiger partial charge is 0.256 e. The van der Waals surface area contributed by atoms with Gasteiger partial charge in [0.15, 0.2) is 0 Å². The fourth-order valence-electron chi connectivity index (χ4n) is 2.06. The first-order chi connectivity index (χ1) is 12.3. The summed E-state index contributed by atoms with van der Waals surface area (Å²) < 4.78 is 28.9. The summed E-state index contributed by atoms with van der Waals surface area (Å²) >= 11 is 3.23. The Hall–Kier alpha value is -2.41. The van der Waals surface area contributed by atoms with Gasteiger partial charge < -0.3 is 10.1 Å². The van der Waals surface area contributed by atoms with E-state index in [0.29, 0.717) is 35.4 Å². The van der Waals surface area contributed by atoms with E-state index in [1.165, 1.54) is 18.2 Å². The van der Waals surface area contributed by atoms with E-state index in [0.717, 1.165) is 0 Å². The summed E-state index contributed by atoms with van der Waals surface area (Å²) in [4.78, 5) is 12.3. The third-order valence-corrected chi connectivity index (χ3v) is 4.91. The van der Waals surface area contributed by atoms with Crippen LogP contribution in [0.15, 0.2) is 51.8 Å². The Morgan fingerprint density at radius 2 is 2.04 bits per heavy atom. The number of rotatable bonds is 7. The molecule has 0 bridgehead atoms. The van der Waals surface area contributed by atoms with Gasteiger partial charge >= 0.3 is 0 Å². The Kier molecular flexibility index (Phi) is 6.74. The molecule has 0 unspecified atom stereocenters. The van der Waals surface area contributed by atoms with Crippen molar-refractivity contribution < 1.29 is 17.9 Å². The van der Waals surface area contributed by atoms with Crippen LogP contribution in [0.5, 0.6) is 5.75 Å². The second-order valence-electron chi connectivity index (χ2n) is 5.28. The molecule has 0 aliphatic rings. The highest BCUT2D eigenvalue weighted by Crippen LogP contribution is 2.23. The summed E-state index contributed by atoms with van der Waals surface area (Å²) in [7, 11) is -3.91. The second kappa shape index (κ2) is 8.80. The highest BCUT2D eigenvalue weighted by Gasteiger charge is 2.16. The van der Waals surface area contributed by atoms with Gasteiger partial charge in [-0.3, -0.25) is 4.79 Å². The number of sulfonamides is 1. The SMILES string of the molecule is N#CCCCOc1cccc(NC(=O)c2cc(S(N)(=O)=O)ccc2Br)c1. The monoisotopic (exact) mass is 437 g/mol. The van der Waals surface area contributed by atoms with Gasteiger partial charge in [-0.2, -0.15) is 5.26 Å². The lowest BCUT2D eigenvalue weighted by Crippen LogP contribution is -2.16. The lowest BCUT2D eigenvalue weighted by molar-refractivity contribution is 0.102. The van der Waals surface area contributed by atoms with Crippen molar-refractivity contribution in [3.8, 4) is 11.8 Å². The highest BCUT2D eigenvalue weighted by molar-refractivity contribution is 9.10. The Balaban J connectivity index is 2.14. The molecule has 0 aromatic heterocycles. The van der Waals surface area contributed by atoms with E-state index < -0.39 is 15.9 Å². The molecule has 2 aromatic carbocycles. The molecular weight excluding hydrogens is 422 g/mol. The molecule has 0 atom stereocenters. The molecule has 7 nitrogen and oxygen atoms in total. The van der Waals surface area contributed by atoms with Gasteiger partial charge in [0, 0.05) is 22.6 Å². The van der Waals surface area contributed by atoms with E-state index in [4.69, 9.17) is 15.1 Å². The van der Waals surface area contributed by atoms with Crippen LogP contribution in [0.4, 0.5) is 5.69 Å². The number of amides is 1. The molecular formula is C17H16BrN3O4S. The molecule has 136 valence electrons. The Morgan fingerprint density at radius 3 is 2.73 bits per heavy atom. The van der Waals surface area contributed by atoms with Crippen LogP contribution in [0.3, 0.4) is 0 Å². The van der Waals surface area contributed by atoms with Crippen molar-refractivity contribution >= 4 is 37.5 Å². The number of nitrogens with one attached hydrogen (secondary N) is 1. The number of ether oxygens (including phenoxy) is 1. The number of benzene rings is 2. The molecule has 0 fully saturated rings. The first kappa shape index (κ1) is 19.9. The van der Waals surface area contributed by atoms with Crippen LogP contribution >= 0.6 is 15.9 Å². The Morgan fingerprint density at radius 1 is 1.27 bits per heavy atom. The number of nitrogens with two attached hydrogens (primary N) is 1. The summed E-state index contributed by atoms with van der Waals surface area (Å²) in [5, 5.41) is 16.3. The molecule has 0 saturated heterocycles. The van der Waals surface area contributed by atoms with Crippen LogP contribution in [0, 0.1) is 11.3 Å². The van der Waals surface area contributed by atoms with E-state index in [1.54, 1.807) is 24.3 Å². The summed E-state index contributed by atoms with van der Waals surface area (Å²) in [6.07, 6.45) is 1.02. The number of carbonyl (C=O) groups excluding carboxylic acids is 1. The number of nitriles is 1. The van der Waals surface area contributed by atoms with E-state index in [1.807, 2.05) is 6.07 Å². The molecule has 9 heteroatoms. The van der Waals surface area contributed by atoms with E-state index in [2.05, 4.69) is 21.2 Å². The van der Waals surface area contributed by atoms with Crippen LogP contribution in [-0.4, -0.2) is 20.9 Å². The molecule has 0 aliphatic carbocycles. The van der Waals surface area contributed by atoms with Crippen molar-refractivity contribution in [2.45, 2.75) is 17.7 Å². The quantitative estimate of drug-likeness (QED) is 0.644. The summed E-state index contributed by atoms with van der Waals surface area (Å²) in [5.41, 5.74) is 0.623. The van der Waals surface area contributed by atoms with E-state index in [9.17, 15) is 13.2 Å². The van der Waals surface area contributed by atoms with Gasteiger partial charge in [-0.15, -0.1) is 0 Å². The molecule has 3 N–H and O–H groups in total. The van der Waals surface area contributed by atoms with E-state index in [-0.39, 0.29) is 10.5 Å². The zero-order valence-corrected chi connectivity index (χ0v) is 16.0. The first-order valence-corrected chi connectivity index (χ1v) is 9.88. The Labute approximate surface area is 159 Å². The molecule has 0 radical (unpaired) electrons. The van der Waals surface area contributed by atoms with Crippen molar-refractivity contribution in [3.63, 3.8) is 0 Å². The number of anilines is 1. The van der Waals surface area contributed by atoms with Gasteiger partial charge in [0.2, 0.25) is 10.0 Å². The van der Waals surface area contributed by atoms with Crippen molar-refractivity contribution in [1.82, 2.24) is 0 Å². The van der Waals surface area contributed by atoms with Crippen molar-refractivity contribution in [3.05, 3.63) is 52.5 Å². The van der Waals surface area contributed by atoms with Crippen LogP contribution in [0.1, 0.15) is 23.2 Å². The summed E-state index contributed by atoms with van der Waals surface area (Å²) in [6.45, 7) is 0.396. The molecule has 0 heterocycles. The minimum Gasteiger partial charge on any atom is -0.493 e. The van der Waals surface area contributed by atoms with Gasteiger partial charge in [-0.1, -0.05) is 6.07 Å². The highest BCUT2D eigenvalue weighted by atomic mass is 79.9. The van der Waals surface area contributed by atoms with Gasteiger partial charge in [0.25, 0.3) is 5.91 Å². The molecule has 2 rings (SSSR count). The van der Waals surface area contributed by atoms with Crippen molar-refractivity contribution in [1.29, 1.82) is 5.26 Å². The molecule has 0 saturated carbocycles. The van der Waals surface area contributed by atoms with Gasteiger partial charge in [-0.05, 0) is 52.7 Å². The zero-order valence-electron chi connectivity index (χ0n) is 13.6. The van der Waals surface area contributed by atoms with Gasteiger partial charge in [0.05, 0.1) is 23.1 Å². The zero-order chi connectivity index (χ0) is 19.2. The predicted octanol–water partition coefficient (Wildman–Crippen LogP) is 3.03. The Bertz CT molecular complexity index is 955. The standard InChI is InChI=1S/C17H16BrN3O4S/c18-16-7-6-14(26(20,23)24)11-15(16)17(22)21-12-4-3-5-13(10-12)25-9-2-1-8-19/h3-7,10-11H,1-2,9H2,(H,21,22)(H2,20,23,24). The third-order valence-electron chi connectivity index (χ3n) is 3.30. The lowest BCUT2D eigenvalue weighted by Gasteiger charge is -2.10. The molecule has 26 heavy (non-hydrogen) atoms. The molecule has 0 aliphatic heterocycles. The molecule has 2 aromatic rings. The number of nitrogens with zero attached hydrogens (tertiary/aromatic N) is 1. The van der Waals surface area contributed by atoms with Crippen LogP contribution in [0.2, 0.25) is 0 Å². The van der Waals surface area contributed by atoms with E-state index >= 15 is 0 Å². The number of hydrogen-bond donors (Lipinski definition) is 2. The number of carbonyl (C=O) groups is 1. The average Bonchev–Trinajstić information content (AvgIpc) is 2.58. The minimum atomic E-state index is -3.91. The number of hydrogen-bond acceptors (Lipinski definition) is 5. The van der Waals surface area contributed by atoms with Crippen LogP contribution in [0.25, 0.3) is 0 Å². The summed E-state index contributed by atoms with van der Waals surface area (Å²) in [5.74, 6) is 0.0575. The maximum Gasteiger partial charge on any atom is 0.256 e. The summed E-state index contributed by atoms with van der Waals surface area (Å²) in [6, 6.07) is 12.8. The number of unbranched alkanes of at least 4 members (excludes halogenated alkanes) is 1. The van der Waals surface area contributed by atoms with Gasteiger partial charge in [0.1, 0.15) is 5.75 Å². The molecule has 1 amide bonds. The lowest BCUT2D eigenvalue weighted by atomic mass is 10.2. The maximum atomic E-state index is 12.5. The largest absolute Gasteiger partial charge is 0.493 e. The topological polar surface area (TPSA) is 122 Å². The second-order valence-corrected chi connectivity index (χ2v) is 7.69. The van der Waals surface area contributed by atoms with Crippen molar-refractivity contribution in [2.24, 2.45) is 5.14 Å². The molecule has 0 spiro atoms. The first-order valence-electron chi connectivity index (χ1n) is 7.55. The normalized spacial score (nSPS) is 10.8. The minimum absolute atomic E-state index is 0.136. The van der Waals surface area contributed by atoms with Crippen LogP contribution < -0.4 is 15.2 Å². The number of halogens is 1. The fraction of sp³-hybridized carbons (Fsp3) is 0.176. The fourth-order valence-corrected chi connectivity index (χ4v) is 3.03. The average molecular weight is 438 g/mol.